The average molecular weight is 526 g/mol. The van der Waals surface area contributed by atoms with Crippen LogP contribution < -0.4 is 10.3 Å². The molecule has 1 unspecified atom stereocenters. The summed E-state index contributed by atoms with van der Waals surface area (Å²) in [6, 6.07) is 21.9. The van der Waals surface area contributed by atoms with Crippen molar-refractivity contribution in [3.8, 4) is 5.75 Å². The van der Waals surface area contributed by atoms with Gasteiger partial charge in [0, 0.05) is 24.8 Å². The highest BCUT2D eigenvalue weighted by atomic mass is 16.5. The minimum Gasteiger partial charge on any atom is -0.493 e. The van der Waals surface area contributed by atoms with Crippen LogP contribution in [0.15, 0.2) is 82.0 Å². The number of aromatic nitrogens is 3. The van der Waals surface area contributed by atoms with E-state index in [0.29, 0.717) is 34.2 Å². The third kappa shape index (κ3) is 5.87. The number of carboxylic acid groups (broad SMARTS) is 1. The highest BCUT2D eigenvalue weighted by molar-refractivity contribution is 5.99. The van der Waals surface area contributed by atoms with Crippen LogP contribution in [0.5, 0.6) is 5.75 Å². The van der Waals surface area contributed by atoms with E-state index < -0.39 is 17.7 Å². The fourth-order valence-corrected chi connectivity index (χ4v) is 4.50. The molecule has 0 saturated carbocycles. The number of furan rings is 1. The van der Waals surface area contributed by atoms with Gasteiger partial charge in [-0.15, -0.1) is 5.10 Å². The normalized spacial score (nSPS) is 12.0. The van der Waals surface area contributed by atoms with Crippen LogP contribution in [0.2, 0.25) is 0 Å². The lowest BCUT2D eigenvalue weighted by Crippen LogP contribution is -2.27. The first-order valence-electron chi connectivity index (χ1n) is 12.7. The minimum atomic E-state index is -1.13. The second-order valence-electron chi connectivity index (χ2n) is 9.42. The Kier molecular flexibility index (Phi) is 7.49. The predicted molar refractivity (Wildman–Crippen MR) is 145 cm³/mol. The number of hydrogen-bond donors (Lipinski definition) is 1. The van der Waals surface area contributed by atoms with E-state index in [1.807, 2.05) is 12.1 Å². The zero-order valence-electron chi connectivity index (χ0n) is 21.4. The van der Waals surface area contributed by atoms with E-state index in [9.17, 15) is 19.5 Å². The maximum atomic E-state index is 12.9. The summed E-state index contributed by atoms with van der Waals surface area (Å²) in [5.41, 5.74) is 3.06. The Balaban J connectivity index is 1.23. The number of ketones is 1. The number of rotatable bonds is 11. The zero-order chi connectivity index (χ0) is 27.4. The minimum absolute atomic E-state index is 0.0181. The van der Waals surface area contributed by atoms with Crippen molar-refractivity contribution in [1.82, 2.24) is 15.0 Å². The van der Waals surface area contributed by atoms with E-state index in [2.05, 4.69) is 29.4 Å². The van der Waals surface area contributed by atoms with E-state index in [1.165, 1.54) is 11.1 Å². The van der Waals surface area contributed by atoms with Gasteiger partial charge in [-0.2, -0.15) is 0 Å². The number of carboxylic acids is 1. The number of aliphatic carboxylic acids is 1. The molecule has 0 fully saturated rings. The molecule has 198 valence electrons. The molecule has 39 heavy (non-hydrogen) atoms. The molecule has 1 atom stereocenters. The lowest BCUT2D eigenvalue weighted by atomic mass is 9.98. The van der Waals surface area contributed by atoms with Gasteiger partial charge in [-0.25, -0.2) is 4.68 Å². The largest absolute Gasteiger partial charge is 0.493 e. The number of hydrogen-bond acceptors (Lipinski definition) is 7. The van der Waals surface area contributed by atoms with E-state index in [1.54, 1.807) is 48.5 Å². The third-order valence-electron chi connectivity index (χ3n) is 6.76. The molecule has 5 aromatic rings. The summed E-state index contributed by atoms with van der Waals surface area (Å²) in [7, 11) is 0. The molecule has 3 aromatic carbocycles. The van der Waals surface area contributed by atoms with Gasteiger partial charge < -0.3 is 14.3 Å². The Morgan fingerprint density at radius 2 is 1.85 bits per heavy atom. The number of aryl methyl sites for hydroxylation is 2. The second kappa shape index (κ2) is 11.3. The monoisotopic (exact) mass is 525 g/mol. The topological polar surface area (TPSA) is 125 Å². The molecule has 0 aliphatic rings. The Morgan fingerprint density at radius 1 is 1.05 bits per heavy atom. The Morgan fingerprint density at radius 3 is 2.67 bits per heavy atom. The molecule has 2 aromatic heterocycles. The van der Waals surface area contributed by atoms with Crippen LogP contribution in [0.1, 0.15) is 34.5 Å². The van der Waals surface area contributed by atoms with E-state index in [-0.39, 0.29) is 30.7 Å². The van der Waals surface area contributed by atoms with Crippen LogP contribution in [0, 0.1) is 12.8 Å². The lowest BCUT2D eigenvalue weighted by Gasteiger charge is -2.11. The fourth-order valence-electron chi connectivity index (χ4n) is 4.50. The molecule has 9 nitrogen and oxygen atoms in total. The molecule has 0 aliphatic heterocycles. The van der Waals surface area contributed by atoms with Gasteiger partial charge in [0.2, 0.25) is 0 Å². The molecule has 0 bridgehead atoms. The quantitative estimate of drug-likeness (QED) is 0.243. The van der Waals surface area contributed by atoms with Gasteiger partial charge >= 0.3 is 5.97 Å². The number of ether oxygens (including phenoxy) is 1. The van der Waals surface area contributed by atoms with E-state index in [4.69, 9.17) is 9.15 Å². The molecule has 0 aliphatic carbocycles. The first-order valence-corrected chi connectivity index (χ1v) is 12.7. The van der Waals surface area contributed by atoms with Crippen molar-refractivity contribution in [2.24, 2.45) is 5.92 Å². The van der Waals surface area contributed by atoms with Crippen molar-refractivity contribution in [2.45, 2.75) is 32.7 Å². The van der Waals surface area contributed by atoms with Crippen molar-refractivity contribution >= 4 is 33.6 Å². The number of carbonyl (C=O) groups excluding carboxylic acids is 1. The first-order chi connectivity index (χ1) is 18.9. The second-order valence-corrected chi connectivity index (χ2v) is 9.42. The van der Waals surface area contributed by atoms with Crippen LogP contribution in [0.25, 0.3) is 21.9 Å². The van der Waals surface area contributed by atoms with Crippen LogP contribution in [0.4, 0.5) is 0 Å². The summed E-state index contributed by atoms with van der Waals surface area (Å²) in [6.45, 7) is 2.59. The van der Waals surface area contributed by atoms with Gasteiger partial charge in [-0.05, 0) is 60.9 Å². The molecule has 2 heterocycles. The molecule has 0 amide bonds. The van der Waals surface area contributed by atoms with Crippen LogP contribution >= 0.6 is 0 Å². The van der Waals surface area contributed by atoms with Crippen LogP contribution in [0.3, 0.4) is 0 Å². The van der Waals surface area contributed by atoms with Crippen molar-refractivity contribution in [3.63, 3.8) is 0 Å². The van der Waals surface area contributed by atoms with Gasteiger partial charge in [0.05, 0.1) is 17.9 Å². The van der Waals surface area contributed by atoms with Crippen molar-refractivity contribution in [2.75, 3.05) is 6.61 Å². The molecule has 0 radical (unpaired) electrons. The first kappa shape index (κ1) is 25.8. The van der Waals surface area contributed by atoms with Crippen LogP contribution in [-0.2, 0) is 17.8 Å². The summed E-state index contributed by atoms with van der Waals surface area (Å²) in [6.07, 6.45) is 0.533. The van der Waals surface area contributed by atoms with Crippen molar-refractivity contribution in [1.29, 1.82) is 0 Å². The maximum absolute atomic E-state index is 12.9. The average Bonchev–Trinajstić information content (AvgIpc) is 3.37. The Hall–Kier alpha value is -4.79. The number of fused-ring (bicyclic) bond motifs is 2. The Labute approximate surface area is 223 Å². The van der Waals surface area contributed by atoms with Crippen molar-refractivity contribution < 1.29 is 23.8 Å². The fraction of sp³-hybridized carbons (Fsp3) is 0.233. The van der Waals surface area contributed by atoms with Crippen molar-refractivity contribution in [3.05, 3.63) is 100 Å². The lowest BCUT2D eigenvalue weighted by molar-refractivity contribution is -0.142. The third-order valence-corrected chi connectivity index (χ3v) is 6.76. The molecule has 0 spiro atoms. The standard InChI is InChI=1S/C30H27N3O6/c1-19-6-2-3-7-20(19)13-15-38-23-10-11-27-22(16-23)18-28(39-27)26(34)17-21(30(36)37)12-14-33-29(35)24-8-4-5-9-25(24)31-32-33/h2-11,16,18,21H,12-15,17H2,1H3,(H,36,37). The van der Waals surface area contributed by atoms with E-state index in [0.717, 1.165) is 11.1 Å². The summed E-state index contributed by atoms with van der Waals surface area (Å²) >= 11 is 0. The molecular formula is C30H27N3O6. The van der Waals surface area contributed by atoms with Gasteiger partial charge in [0.1, 0.15) is 16.8 Å². The maximum Gasteiger partial charge on any atom is 0.307 e. The SMILES string of the molecule is Cc1ccccc1CCOc1ccc2oc(C(=O)CC(CCn3nnc4ccccc4c3=O)C(=O)O)cc2c1. The van der Waals surface area contributed by atoms with Gasteiger partial charge in [0.15, 0.2) is 11.5 Å². The molecular weight excluding hydrogens is 498 g/mol. The highest BCUT2D eigenvalue weighted by Crippen LogP contribution is 2.26. The van der Waals surface area contributed by atoms with Crippen LogP contribution in [-0.4, -0.2) is 38.5 Å². The van der Waals surface area contributed by atoms with Gasteiger partial charge in [-0.3, -0.25) is 14.4 Å². The highest BCUT2D eigenvalue weighted by Gasteiger charge is 2.24. The molecule has 9 heteroatoms. The Bertz CT molecular complexity index is 1720. The number of carbonyl (C=O) groups is 2. The summed E-state index contributed by atoms with van der Waals surface area (Å²) in [4.78, 5) is 37.5. The number of nitrogens with zero attached hydrogens (tertiary/aromatic N) is 3. The summed E-state index contributed by atoms with van der Waals surface area (Å²) in [5, 5.41) is 18.7. The summed E-state index contributed by atoms with van der Waals surface area (Å²) in [5.74, 6) is -1.86. The summed E-state index contributed by atoms with van der Waals surface area (Å²) < 4.78 is 12.7. The van der Waals surface area contributed by atoms with Gasteiger partial charge in [0.25, 0.3) is 5.56 Å². The molecule has 0 saturated heterocycles. The molecule has 1 N–H and O–H groups in total. The smallest absolute Gasteiger partial charge is 0.307 e. The molecule has 5 rings (SSSR count). The predicted octanol–water partition coefficient (Wildman–Crippen LogP) is 4.83. The van der Waals surface area contributed by atoms with Gasteiger partial charge in [-0.1, -0.05) is 41.6 Å². The number of benzene rings is 3. The zero-order valence-corrected chi connectivity index (χ0v) is 21.4. The number of Topliss-reactive ketones (excluding diaryl/α,β-unsaturated/α-hetero) is 1. The van der Waals surface area contributed by atoms with E-state index >= 15 is 0 Å².